The maximum Gasteiger partial charge on any atom is 0.234 e. The van der Waals surface area contributed by atoms with Crippen molar-refractivity contribution in [2.45, 2.75) is 24.4 Å². The quantitative estimate of drug-likeness (QED) is 0.508. The monoisotopic (exact) mass is 329 g/mol. The third-order valence-corrected chi connectivity index (χ3v) is 4.31. The molecule has 1 aromatic heterocycles. The van der Waals surface area contributed by atoms with Gasteiger partial charge in [-0.05, 0) is 37.1 Å². The van der Waals surface area contributed by atoms with Crippen molar-refractivity contribution in [3.8, 4) is 5.75 Å². The molecule has 2 N–H and O–H groups in total. The Morgan fingerprint density at radius 3 is 2.83 bits per heavy atom. The Morgan fingerprint density at radius 2 is 2.04 bits per heavy atom. The van der Waals surface area contributed by atoms with Crippen molar-refractivity contribution in [3.63, 3.8) is 0 Å². The van der Waals surface area contributed by atoms with Crippen molar-refractivity contribution in [2.75, 3.05) is 11.1 Å². The zero-order valence-electron chi connectivity index (χ0n) is 12.3. The molecular formula is C16H15N3O3S. The third kappa shape index (κ3) is 3.87. The lowest BCUT2D eigenvalue weighted by molar-refractivity contribution is -0.113. The van der Waals surface area contributed by atoms with Gasteiger partial charge in [0.2, 0.25) is 5.91 Å². The second-order valence-corrected chi connectivity index (χ2v) is 6.12. The lowest BCUT2D eigenvalue weighted by Gasteiger charge is -2.13. The number of anilines is 1. The molecule has 0 unspecified atom stereocenters. The number of nitrogens with one attached hydrogen (secondary N) is 1. The van der Waals surface area contributed by atoms with Crippen molar-refractivity contribution in [2.24, 2.45) is 0 Å². The first kappa shape index (κ1) is 15.5. The number of benzene rings is 1. The minimum atomic E-state index is -0.182. The van der Waals surface area contributed by atoms with E-state index in [2.05, 4.69) is 15.3 Å². The number of fused-ring (bicyclic) bond motifs is 1. The molecule has 0 saturated heterocycles. The first-order chi connectivity index (χ1) is 11.1. The standard InChI is InChI=1S/C16H15N3O3S/c20-11-6-4-10(5-7-11)18-15(22)9-23-16-17-8-12-13(19-16)2-1-3-14(12)21/h4-8,20H,1-3,9H2,(H,18,22). The minimum absolute atomic E-state index is 0.0906. The number of hydrogen-bond donors (Lipinski definition) is 2. The van der Waals surface area contributed by atoms with Gasteiger partial charge < -0.3 is 10.4 Å². The number of thioether (sulfide) groups is 1. The van der Waals surface area contributed by atoms with E-state index >= 15 is 0 Å². The molecule has 0 radical (unpaired) electrons. The summed E-state index contributed by atoms with van der Waals surface area (Å²) in [5, 5.41) is 12.4. The summed E-state index contributed by atoms with van der Waals surface area (Å²) in [5.41, 5.74) is 2.00. The smallest absolute Gasteiger partial charge is 0.234 e. The molecule has 1 aliphatic carbocycles. The lowest BCUT2D eigenvalue weighted by Crippen LogP contribution is -2.16. The molecule has 0 atom stereocenters. The predicted octanol–water partition coefficient (Wildman–Crippen LogP) is 2.43. The summed E-state index contributed by atoms with van der Waals surface area (Å²) in [5.74, 6) is 0.230. The summed E-state index contributed by atoms with van der Waals surface area (Å²) < 4.78 is 0. The Morgan fingerprint density at radius 1 is 1.26 bits per heavy atom. The van der Waals surface area contributed by atoms with Crippen LogP contribution in [0.15, 0.2) is 35.6 Å². The minimum Gasteiger partial charge on any atom is -0.508 e. The summed E-state index contributed by atoms with van der Waals surface area (Å²) in [4.78, 5) is 32.2. The average molecular weight is 329 g/mol. The van der Waals surface area contributed by atoms with Gasteiger partial charge in [0.15, 0.2) is 10.9 Å². The Hall–Kier alpha value is -2.41. The fraction of sp³-hybridized carbons (Fsp3) is 0.250. The van der Waals surface area contributed by atoms with E-state index in [9.17, 15) is 14.7 Å². The van der Waals surface area contributed by atoms with Gasteiger partial charge in [-0.25, -0.2) is 9.97 Å². The molecule has 0 saturated carbocycles. The highest BCUT2D eigenvalue weighted by Gasteiger charge is 2.19. The molecule has 1 aromatic carbocycles. The lowest BCUT2D eigenvalue weighted by atomic mass is 9.96. The van der Waals surface area contributed by atoms with Gasteiger partial charge in [0.25, 0.3) is 0 Å². The fourth-order valence-corrected chi connectivity index (χ4v) is 2.95. The topological polar surface area (TPSA) is 92.2 Å². The molecule has 118 valence electrons. The molecule has 0 aliphatic heterocycles. The van der Waals surface area contributed by atoms with Crippen LogP contribution in [-0.2, 0) is 11.2 Å². The molecule has 6 nitrogen and oxygen atoms in total. The van der Waals surface area contributed by atoms with Gasteiger partial charge in [-0.15, -0.1) is 0 Å². The van der Waals surface area contributed by atoms with Crippen molar-refractivity contribution < 1.29 is 14.7 Å². The van der Waals surface area contributed by atoms with Crippen LogP contribution in [0.3, 0.4) is 0 Å². The Labute approximate surface area is 137 Å². The van der Waals surface area contributed by atoms with E-state index < -0.39 is 0 Å². The number of phenols is 1. The highest BCUT2D eigenvalue weighted by Crippen LogP contribution is 2.22. The molecule has 2 aromatic rings. The summed E-state index contributed by atoms with van der Waals surface area (Å²) in [6.45, 7) is 0. The molecule has 0 fully saturated rings. The van der Waals surface area contributed by atoms with Crippen LogP contribution in [0.4, 0.5) is 5.69 Å². The van der Waals surface area contributed by atoms with Gasteiger partial charge in [-0.3, -0.25) is 9.59 Å². The van der Waals surface area contributed by atoms with Crippen LogP contribution in [0.1, 0.15) is 28.9 Å². The van der Waals surface area contributed by atoms with Gasteiger partial charge in [0.05, 0.1) is 17.0 Å². The first-order valence-electron chi connectivity index (χ1n) is 7.22. The van der Waals surface area contributed by atoms with E-state index in [0.717, 1.165) is 18.5 Å². The number of rotatable bonds is 4. The highest BCUT2D eigenvalue weighted by molar-refractivity contribution is 7.99. The van der Waals surface area contributed by atoms with Crippen molar-refractivity contribution in [3.05, 3.63) is 41.7 Å². The number of carbonyl (C=O) groups is 2. The van der Waals surface area contributed by atoms with Crippen LogP contribution in [0.5, 0.6) is 5.75 Å². The van der Waals surface area contributed by atoms with Gasteiger partial charge in [-0.2, -0.15) is 0 Å². The molecular weight excluding hydrogens is 314 g/mol. The fourth-order valence-electron chi connectivity index (χ4n) is 2.31. The molecule has 0 bridgehead atoms. The number of aromatic nitrogens is 2. The number of Topliss-reactive ketones (excluding diaryl/α,β-unsaturated/α-hetero) is 1. The van der Waals surface area contributed by atoms with Gasteiger partial charge >= 0.3 is 0 Å². The zero-order chi connectivity index (χ0) is 16.2. The third-order valence-electron chi connectivity index (χ3n) is 3.45. The summed E-state index contributed by atoms with van der Waals surface area (Å²) in [6, 6.07) is 6.26. The number of aryl methyl sites for hydroxylation is 1. The maximum absolute atomic E-state index is 11.9. The van der Waals surface area contributed by atoms with E-state index in [0.29, 0.717) is 22.8 Å². The number of ketones is 1. The van der Waals surface area contributed by atoms with Crippen molar-refractivity contribution in [1.29, 1.82) is 0 Å². The highest BCUT2D eigenvalue weighted by atomic mass is 32.2. The number of nitrogens with zero attached hydrogens (tertiary/aromatic N) is 2. The largest absolute Gasteiger partial charge is 0.508 e. The second kappa shape index (κ2) is 6.78. The average Bonchev–Trinajstić information content (AvgIpc) is 2.55. The summed E-state index contributed by atoms with van der Waals surface area (Å²) >= 11 is 1.23. The van der Waals surface area contributed by atoms with E-state index in [4.69, 9.17) is 0 Å². The van der Waals surface area contributed by atoms with Crippen LogP contribution in [0.2, 0.25) is 0 Å². The number of amides is 1. The van der Waals surface area contributed by atoms with Crippen LogP contribution in [0.25, 0.3) is 0 Å². The van der Waals surface area contributed by atoms with Crippen LogP contribution >= 0.6 is 11.8 Å². The molecule has 0 spiro atoms. The molecule has 1 heterocycles. The second-order valence-electron chi connectivity index (χ2n) is 5.17. The number of carbonyl (C=O) groups excluding carboxylic acids is 2. The molecule has 7 heteroatoms. The number of aromatic hydroxyl groups is 1. The number of hydrogen-bond acceptors (Lipinski definition) is 6. The van der Waals surface area contributed by atoms with Crippen molar-refractivity contribution in [1.82, 2.24) is 9.97 Å². The Kier molecular flexibility index (Phi) is 4.57. The summed E-state index contributed by atoms with van der Waals surface area (Å²) in [6.07, 6.45) is 3.70. The Balaban J connectivity index is 1.58. The van der Waals surface area contributed by atoms with E-state index in [1.165, 1.54) is 23.9 Å². The van der Waals surface area contributed by atoms with E-state index in [-0.39, 0.29) is 23.2 Å². The molecule has 1 amide bonds. The van der Waals surface area contributed by atoms with Crippen LogP contribution in [-0.4, -0.2) is 32.5 Å². The SMILES string of the molecule is O=C(CSc1ncc2c(n1)CCCC2=O)Nc1ccc(O)cc1. The van der Waals surface area contributed by atoms with E-state index in [1.54, 1.807) is 18.3 Å². The maximum atomic E-state index is 11.9. The zero-order valence-corrected chi connectivity index (χ0v) is 13.1. The number of phenolic OH excluding ortho intramolecular Hbond substituents is 1. The molecule has 3 rings (SSSR count). The Bertz CT molecular complexity index is 747. The van der Waals surface area contributed by atoms with Gasteiger partial charge in [0.1, 0.15) is 5.75 Å². The van der Waals surface area contributed by atoms with Crippen LogP contribution in [0, 0.1) is 0 Å². The van der Waals surface area contributed by atoms with Gasteiger partial charge in [0, 0.05) is 18.3 Å². The van der Waals surface area contributed by atoms with Gasteiger partial charge in [-0.1, -0.05) is 11.8 Å². The van der Waals surface area contributed by atoms with E-state index in [1.807, 2.05) is 0 Å². The first-order valence-corrected chi connectivity index (χ1v) is 8.21. The molecule has 1 aliphatic rings. The van der Waals surface area contributed by atoms with Crippen molar-refractivity contribution >= 4 is 29.1 Å². The summed E-state index contributed by atoms with van der Waals surface area (Å²) in [7, 11) is 0. The van der Waals surface area contributed by atoms with Crippen LogP contribution < -0.4 is 5.32 Å². The molecule has 23 heavy (non-hydrogen) atoms. The predicted molar refractivity (Wildman–Crippen MR) is 86.8 cm³/mol. The normalized spacial score (nSPS) is 13.5.